The summed E-state index contributed by atoms with van der Waals surface area (Å²) in [5.41, 5.74) is 2.56. The molecule has 1 saturated heterocycles. The smallest absolute Gasteiger partial charge is 0.265 e. The van der Waals surface area contributed by atoms with Crippen molar-refractivity contribution in [2.24, 2.45) is 0 Å². The third-order valence-corrected chi connectivity index (χ3v) is 8.37. The highest BCUT2D eigenvalue weighted by Gasteiger charge is 2.29. The molecule has 0 saturated carbocycles. The minimum atomic E-state index is -4.02. The second kappa shape index (κ2) is 8.85. The number of ether oxygens (including phenoxy) is 1. The van der Waals surface area contributed by atoms with E-state index in [2.05, 4.69) is 4.72 Å². The summed E-state index contributed by atoms with van der Waals surface area (Å²) in [6.07, 6.45) is 2.01. The Hall–Kier alpha value is -2.26. The van der Waals surface area contributed by atoms with Gasteiger partial charge in [0.25, 0.3) is 10.0 Å². The van der Waals surface area contributed by atoms with Gasteiger partial charge >= 0.3 is 0 Å². The first-order valence-corrected chi connectivity index (χ1v) is 13.2. The van der Waals surface area contributed by atoms with Crippen molar-refractivity contribution in [3.63, 3.8) is 0 Å². The molecule has 2 aromatic carbocycles. The normalized spacial score (nSPS) is 16.3. The van der Waals surface area contributed by atoms with E-state index in [4.69, 9.17) is 4.74 Å². The zero-order valence-corrected chi connectivity index (χ0v) is 19.1. The lowest BCUT2D eigenvalue weighted by atomic mass is 10.1. The lowest BCUT2D eigenvalue weighted by Crippen LogP contribution is -2.38. The van der Waals surface area contributed by atoms with Crippen LogP contribution < -0.4 is 13.8 Å². The molecule has 0 spiro atoms. The quantitative estimate of drug-likeness (QED) is 0.692. The number of benzene rings is 2. The number of hydrogen-bond acceptors (Lipinski definition) is 5. The molecule has 0 bridgehead atoms. The molecule has 1 heterocycles. The summed E-state index contributed by atoms with van der Waals surface area (Å²) >= 11 is 0. The van der Waals surface area contributed by atoms with E-state index in [1.165, 1.54) is 16.4 Å². The van der Waals surface area contributed by atoms with E-state index in [-0.39, 0.29) is 23.0 Å². The van der Waals surface area contributed by atoms with Gasteiger partial charge in [0, 0.05) is 6.54 Å². The van der Waals surface area contributed by atoms with Crippen molar-refractivity contribution in [2.45, 2.75) is 44.9 Å². The molecule has 0 atom stereocenters. The maximum absolute atomic E-state index is 13.4. The van der Waals surface area contributed by atoms with Crippen LogP contribution >= 0.6 is 0 Å². The Morgan fingerprint density at radius 2 is 1.90 bits per heavy atom. The summed E-state index contributed by atoms with van der Waals surface area (Å²) in [6.45, 7) is 6.19. The molecule has 9 heteroatoms. The van der Waals surface area contributed by atoms with Gasteiger partial charge in [0.2, 0.25) is 10.0 Å². The van der Waals surface area contributed by atoms with E-state index in [0.29, 0.717) is 30.8 Å². The van der Waals surface area contributed by atoms with Gasteiger partial charge in [-0.05, 0) is 62.4 Å². The lowest BCUT2D eigenvalue weighted by molar-refractivity contribution is 0.331. The molecular weight excluding hydrogens is 424 g/mol. The van der Waals surface area contributed by atoms with Gasteiger partial charge < -0.3 is 4.74 Å². The first kappa shape index (κ1) is 22.4. The molecular formula is C21H28N2O5S2. The van der Waals surface area contributed by atoms with Crippen molar-refractivity contribution in [2.75, 3.05) is 27.9 Å². The molecule has 0 aromatic heterocycles. The van der Waals surface area contributed by atoms with Gasteiger partial charge in [-0.25, -0.2) is 16.8 Å². The molecule has 1 aliphatic rings. The van der Waals surface area contributed by atoms with Crippen LogP contribution in [0.15, 0.2) is 41.3 Å². The van der Waals surface area contributed by atoms with Gasteiger partial charge in [0.1, 0.15) is 10.6 Å². The van der Waals surface area contributed by atoms with E-state index in [1.54, 1.807) is 13.0 Å². The first-order chi connectivity index (χ1) is 14.2. The van der Waals surface area contributed by atoms with E-state index < -0.39 is 20.0 Å². The van der Waals surface area contributed by atoms with Crippen LogP contribution in [0.4, 0.5) is 11.4 Å². The highest BCUT2D eigenvalue weighted by Crippen LogP contribution is 2.34. The van der Waals surface area contributed by atoms with Gasteiger partial charge in [-0.1, -0.05) is 25.1 Å². The number of nitrogens with one attached hydrogen (secondary N) is 1. The zero-order valence-electron chi connectivity index (χ0n) is 17.5. The molecule has 2 aromatic rings. The van der Waals surface area contributed by atoms with Gasteiger partial charge in [0.05, 0.1) is 23.7 Å². The number of hydrogen-bond donors (Lipinski definition) is 1. The van der Waals surface area contributed by atoms with E-state index in [1.807, 2.05) is 32.0 Å². The molecule has 0 aliphatic carbocycles. The van der Waals surface area contributed by atoms with Crippen LogP contribution in [0.1, 0.15) is 37.8 Å². The van der Waals surface area contributed by atoms with Crippen molar-refractivity contribution >= 4 is 31.4 Å². The molecule has 0 amide bonds. The molecule has 3 rings (SSSR count). The SMILES string of the molecule is CCOc1ccc(N2CCCCS2(=O)=O)cc1S(=O)(=O)Nc1c(C)cccc1CC. The molecule has 0 radical (unpaired) electrons. The maximum Gasteiger partial charge on any atom is 0.265 e. The molecule has 1 fully saturated rings. The molecule has 0 unspecified atom stereocenters. The minimum absolute atomic E-state index is 0.0591. The second-order valence-corrected chi connectivity index (χ2v) is 10.9. The number of rotatable bonds is 7. The predicted octanol–water partition coefficient (Wildman–Crippen LogP) is 3.69. The van der Waals surface area contributed by atoms with E-state index >= 15 is 0 Å². The van der Waals surface area contributed by atoms with Crippen molar-refractivity contribution in [3.8, 4) is 5.75 Å². The van der Waals surface area contributed by atoms with Crippen LogP contribution in [-0.2, 0) is 26.5 Å². The fourth-order valence-corrected chi connectivity index (χ4v) is 6.54. The number of nitrogens with zero attached hydrogens (tertiary/aromatic N) is 1. The summed E-state index contributed by atoms with van der Waals surface area (Å²) in [7, 11) is -7.48. The Kier molecular flexibility index (Phi) is 6.62. The number of para-hydroxylation sites is 1. The van der Waals surface area contributed by atoms with Crippen LogP contribution in [0, 0.1) is 6.92 Å². The van der Waals surface area contributed by atoms with Gasteiger partial charge in [-0.15, -0.1) is 0 Å². The highest BCUT2D eigenvalue weighted by molar-refractivity contribution is 7.93. The van der Waals surface area contributed by atoms with Crippen LogP contribution in [0.3, 0.4) is 0 Å². The Morgan fingerprint density at radius 3 is 2.57 bits per heavy atom. The average molecular weight is 453 g/mol. The highest BCUT2D eigenvalue weighted by atomic mass is 32.2. The number of sulfonamides is 2. The predicted molar refractivity (Wildman–Crippen MR) is 119 cm³/mol. The first-order valence-electron chi connectivity index (χ1n) is 10.1. The fourth-order valence-electron chi connectivity index (χ4n) is 3.57. The molecule has 1 N–H and O–H groups in total. The Balaban J connectivity index is 2.09. The van der Waals surface area contributed by atoms with Crippen LogP contribution in [0.2, 0.25) is 0 Å². The summed E-state index contributed by atoms with van der Waals surface area (Å²) < 4.78 is 61.3. The largest absolute Gasteiger partial charge is 0.492 e. The molecule has 1 aliphatic heterocycles. The van der Waals surface area contributed by atoms with Crippen LogP contribution in [-0.4, -0.2) is 35.7 Å². The van der Waals surface area contributed by atoms with Gasteiger partial charge in [-0.3, -0.25) is 9.03 Å². The Bertz CT molecular complexity index is 1130. The zero-order chi connectivity index (χ0) is 21.9. The third-order valence-electron chi connectivity index (χ3n) is 5.13. The van der Waals surface area contributed by atoms with Crippen molar-refractivity contribution in [1.82, 2.24) is 0 Å². The van der Waals surface area contributed by atoms with E-state index in [0.717, 1.165) is 17.5 Å². The summed E-state index contributed by atoms with van der Waals surface area (Å²) in [5.74, 6) is 0.249. The minimum Gasteiger partial charge on any atom is -0.492 e. The van der Waals surface area contributed by atoms with Crippen molar-refractivity contribution < 1.29 is 21.6 Å². The van der Waals surface area contributed by atoms with Gasteiger partial charge in [-0.2, -0.15) is 0 Å². The van der Waals surface area contributed by atoms with Crippen LogP contribution in [0.25, 0.3) is 0 Å². The Morgan fingerprint density at radius 1 is 1.13 bits per heavy atom. The maximum atomic E-state index is 13.4. The average Bonchev–Trinajstić information content (AvgIpc) is 2.70. The molecule has 7 nitrogen and oxygen atoms in total. The Labute approximate surface area is 179 Å². The van der Waals surface area contributed by atoms with Crippen LogP contribution in [0.5, 0.6) is 5.75 Å². The lowest BCUT2D eigenvalue weighted by Gasteiger charge is -2.29. The third kappa shape index (κ3) is 4.57. The second-order valence-electron chi connectivity index (χ2n) is 7.23. The number of aryl methyl sites for hydroxylation is 2. The molecule has 164 valence electrons. The number of anilines is 2. The summed E-state index contributed by atoms with van der Waals surface area (Å²) in [5, 5.41) is 0. The summed E-state index contributed by atoms with van der Waals surface area (Å²) in [4.78, 5) is -0.0760. The van der Waals surface area contributed by atoms with Crippen molar-refractivity contribution in [3.05, 3.63) is 47.5 Å². The standard InChI is InChI=1S/C21H28N2O5S2/c1-4-17-10-8-9-16(3)21(17)22-30(26,27)20-15-18(11-12-19(20)28-5-2)23-13-6-7-14-29(23,24)25/h8-12,15,22H,4-7,13-14H2,1-3H3. The molecule has 30 heavy (non-hydrogen) atoms. The fraction of sp³-hybridized carbons (Fsp3) is 0.429. The monoisotopic (exact) mass is 452 g/mol. The summed E-state index contributed by atoms with van der Waals surface area (Å²) in [6, 6.07) is 10.1. The topological polar surface area (TPSA) is 92.8 Å². The van der Waals surface area contributed by atoms with Crippen molar-refractivity contribution in [1.29, 1.82) is 0 Å². The van der Waals surface area contributed by atoms with E-state index in [9.17, 15) is 16.8 Å². The van der Waals surface area contributed by atoms with Gasteiger partial charge in [0.15, 0.2) is 0 Å².